The van der Waals surface area contributed by atoms with Crippen molar-refractivity contribution in [3.05, 3.63) is 69.5 Å². The molecule has 2 atom stereocenters. The Morgan fingerprint density at radius 3 is 2.81 bits per heavy atom. The molecule has 1 aromatic carbocycles. The fraction of sp³-hybridized carbons (Fsp3) is 0.375. The van der Waals surface area contributed by atoms with Crippen LogP contribution in [0.25, 0.3) is 11.3 Å². The Hall–Kier alpha value is -2.97. The fourth-order valence-electron chi connectivity index (χ4n) is 4.79. The van der Waals surface area contributed by atoms with E-state index in [1.165, 1.54) is 11.3 Å². The highest BCUT2D eigenvalue weighted by atomic mass is 32.1. The molecule has 4 heterocycles. The molecule has 2 aliphatic heterocycles. The summed E-state index contributed by atoms with van der Waals surface area (Å²) in [6.45, 7) is 3.29. The zero-order valence-corrected chi connectivity index (χ0v) is 18.8. The summed E-state index contributed by atoms with van der Waals surface area (Å²) in [6, 6.07) is 15.4. The predicted molar refractivity (Wildman–Crippen MR) is 126 cm³/mol. The number of benzene rings is 1. The lowest BCUT2D eigenvalue weighted by atomic mass is 9.83. The molecule has 2 bridgehead atoms. The molecular weight excluding hydrogens is 424 g/mol. The first kappa shape index (κ1) is 20.9. The Morgan fingerprint density at radius 2 is 2.00 bits per heavy atom. The van der Waals surface area contributed by atoms with Crippen LogP contribution in [0, 0.1) is 5.92 Å². The number of nitrogens with zero attached hydrogens (tertiary/aromatic N) is 3. The van der Waals surface area contributed by atoms with Gasteiger partial charge in [0.2, 0.25) is 0 Å². The van der Waals surface area contributed by atoms with Crippen LogP contribution < -0.4 is 15.8 Å². The van der Waals surface area contributed by atoms with Gasteiger partial charge in [-0.3, -0.25) is 9.59 Å². The highest BCUT2D eigenvalue weighted by Crippen LogP contribution is 2.40. The van der Waals surface area contributed by atoms with Crippen molar-refractivity contribution in [3.8, 4) is 11.3 Å². The van der Waals surface area contributed by atoms with Gasteiger partial charge in [0.15, 0.2) is 5.13 Å². The summed E-state index contributed by atoms with van der Waals surface area (Å²) in [5.41, 5.74) is 2.84. The molecular formula is C24H26N4O3S. The molecule has 0 radical (unpaired) electrons. The number of methoxy groups -OCH3 is 1. The van der Waals surface area contributed by atoms with Crippen molar-refractivity contribution in [1.82, 2.24) is 14.9 Å². The molecule has 1 amide bonds. The van der Waals surface area contributed by atoms with Gasteiger partial charge in [-0.1, -0.05) is 47.7 Å². The SMILES string of the molecule is COCCNC(=O)c1sc(N2CC3CC(C2)c2cccc(=O)n2C3)nc1-c1ccccc1. The molecule has 2 aromatic heterocycles. The van der Waals surface area contributed by atoms with Gasteiger partial charge in [0.1, 0.15) is 4.88 Å². The normalized spacial score (nSPS) is 19.5. The second-order valence-electron chi connectivity index (χ2n) is 8.39. The van der Waals surface area contributed by atoms with Crippen molar-refractivity contribution in [1.29, 1.82) is 0 Å². The Labute approximate surface area is 190 Å². The third-order valence-corrected chi connectivity index (χ3v) is 7.33. The first-order chi connectivity index (χ1) is 15.6. The number of fused-ring (bicyclic) bond motifs is 4. The maximum atomic E-state index is 13.0. The topological polar surface area (TPSA) is 76.5 Å². The van der Waals surface area contributed by atoms with Gasteiger partial charge in [-0.15, -0.1) is 0 Å². The molecule has 8 heteroatoms. The molecule has 32 heavy (non-hydrogen) atoms. The Kier molecular flexibility index (Phi) is 5.80. The molecule has 0 spiro atoms. The molecule has 0 aliphatic carbocycles. The van der Waals surface area contributed by atoms with Gasteiger partial charge >= 0.3 is 0 Å². The van der Waals surface area contributed by atoms with E-state index in [1.54, 1.807) is 13.2 Å². The average molecular weight is 451 g/mol. The number of hydrogen-bond donors (Lipinski definition) is 1. The highest BCUT2D eigenvalue weighted by Gasteiger charge is 2.36. The Bertz CT molecular complexity index is 1170. The minimum absolute atomic E-state index is 0.0845. The first-order valence-corrected chi connectivity index (χ1v) is 11.7. The summed E-state index contributed by atoms with van der Waals surface area (Å²) >= 11 is 1.44. The molecule has 3 aromatic rings. The summed E-state index contributed by atoms with van der Waals surface area (Å²) in [7, 11) is 1.62. The molecule has 1 fully saturated rings. The van der Waals surface area contributed by atoms with E-state index >= 15 is 0 Å². The van der Waals surface area contributed by atoms with Crippen molar-refractivity contribution < 1.29 is 9.53 Å². The number of amides is 1. The van der Waals surface area contributed by atoms with Crippen LogP contribution in [0.3, 0.4) is 0 Å². The van der Waals surface area contributed by atoms with Gasteiger partial charge in [0.25, 0.3) is 11.5 Å². The van der Waals surface area contributed by atoms with E-state index in [9.17, 15) is 9.59 Å². The van der Waals surface area contributed by atoms with E-state index in [0.717, 1.165) is 42.4 Å². The van der Waals surface area contributed by atoms with E-state index in [1.807, 2.05) is 41.0 Å². The van der Waals surface area contributed by atoms with Gasteiger partial charge < -0.3 is 19.5 Å². The lowest BCUT2D eigenvalue weighted by Gasteiger charge is -2.42. The molecule has 7 nitrogen and oxygen atoms in total. The van der Waals surface area contributed by atoms with E-state index in [2.05, 4.69) is 16.3 Å². The fourth-order valence-corrected chi connectivity index (χ4v) is 5.81. The second-order valence-corrected chi connectivity index (χ2v) is 9.37. The molecule has 2 unspecified atom stereocenters. The summed E-state index contributed by atoms with van der Waals surface area (Å²) in [5, 5.41) is 3.80. The molecule has 166 valence electrons. The van der Waals surface area contributed by atoms with Crippen LogP contribution >= 0.6 is 11.3 Å². The third kappa shape index (κ3) is 3.96. The third-order valence-electron chi connectivity index (χ3n) is 6.21. The maximum absolute atomic E-state index is 13.0. The Morgan fingerprint density at radius 1 is 1.16 bits per heavy atom. The van der Waals surface area contributed by atoms with Gasteiger partial charge in [0.05, 0.1) is 12.3 Å². The quantitative estimate of drug-likeness (QED) is 0.585. The van der Waals surface area contributed by atoms with Crippen LogP contribution in [0.4, 0.5) is 5.13 Å². The lowest BCUT2D eigenvalue weighted by molar-refractivity contribution is 0.0941. The lowest BCUT2D eigenvalue weighted by Crippen LogP contribution is -2.47. The van der Waals surface area contributed by atoms with Crippen LogP contribution in [0.15, 0.2) is 53.3 Å². The van der Waals surface area contributed by atoms with Crippen molar-refractivity contribution in [2.45, 2.75) is 18.9 Å². The predicted octanol–water partition coefficient (Wildman–Crippen LogP) is 2.97. The van der Waals surface area contributed by atoms with E-state index in [0.29, 0.717) is 35.6 Å². The molecule has 1 N–H and O–H groups in total. The molecule has 0 saturated carbocycles. The Balaban J connectivity index is 1.46. The first-order valence-electron chi connectivity index (χ1n) is 10.9. The van der Waals surface area contributed by atoms with Crippen molar-refractivity contribution >= 4 is 22.4 Å². The molecule has 2 aliphatic rings. The number of carbonyl (C=O) groups is 1. The van der Waals surface area contributed by atoms with Crippen LogP contribution in [0.2, 0.25) is 0 Å². The van der Waals surface area contributed by atoms with Crippen molar-refractivity contribution in [3.63, 3.8) is 0 Å². The van der Waals surface area contributed by atoms with Gasteiger partial charge in [-0.2, -0.15) is 0 Å². The second kappa shape index (κ2) is 8.88. The van der Waals surface area contributed by atoms with Crippen LogP contribution in [-0.4, -0.2) is 48.8 Å². The highest BCUT2D eigenvalue weighted by molar-refractivity contribution is 7.18. The monoisotopic (exact) mass is 450 g/mol. The summed E-state index contributed by atoms with van der Waals surface area (Å²) in [6.07, 6.45) is 1.08. The average Bonchev–Trinajstić information content (AvgIpc) is 3.26. The van der Waals surface area contributed by atoms with Crippen molar-refractivity contribution in [2.75, 3.05) is 38.3 Å². The molecule has 1 saturated heterocycles. The van der Waals surface area contributed by atoms with E-state index in [-0.39, 0.29) is 11.5 Å². The number of rotatable bonds is 6. The summed E-state index contributed by atoms with van der Waals surface area (Å²) < 4.78 is 7.00. The van der Waals surface area contributed by atoms with Gasteiger partial charge in [-0.05, 0) is 18.4 Å². The van der Waals surface area contributed by atoms with E-state index < -0.39 is 0 Å². The zero-order chi connectivity index (χ0) is 22.1. The van der Waals surface area contributed by atoms with E-state index in [4.69, 9.17) is 9.72 Å². The summed E-state index contributed by atoms with van der Waals surface area (Å²) in [5.74, 6) is 0.558. The smallest absolute Gasteiger partial charge is 0.263 e. The van der Waals surface area contributed by atoms with Crippen LogP contribution in [0.5, 0.6) is 0 Å². The number of ether oxygens (including phenoxy) is 1. The number of nitrogens with one attached hydrogen (secondary N) is 1. The largest absolute Gasteiger partial charge is 0.383 e. The molecule has 5 rings (SSSR count). The number of thiazole rings is 1. The standard InChI is InChI=1S/C24H26N4O3S/c1-31-11-10-25-23(30)22-21(17-6-3-2-4-7-17)26-24(32-22)27-13-16-12-18(15-27)19-8-5-9-20(29)28(19)14-16/h2-9,16,18H,10-15H2,1H3,(H,25,30). The van der Waals surface area contributed by atoms with Crippen LogP contribution in [0.1, 0.15) is 27.7 Å². The number of anilines is 1. The number of piperidine rings is 1. The minimum atomic E-state index is -0.126. The zero-order valence-electron chi connectivity index (χ0n) is 18.0. The number of pyridine rings is 1. The number of aromatic nitrogens is 2. The number of hydrogen-bond acceptors (Lipinski definition) is 6. The van der Waals surface area contributed by atoms with Gasteiger partial charge in [-0.25, -0.2) is 4.98 Å². The minimum Gasteiger partial charge on any atom is -0.383 e. The van der Waals surface area contributed by atoms with Crippen LogP contribution in [-0.2, 0) is 11.3 Å². The maximum Gasteiger partial charge on any atom is 0.263 e. The summed E-state index contributed by atoms with van der Waals surface area (Å²) in [4.78, 5) is 33.1. The van der Waals surface area contributed by atoms with Gasteiger partial charge in [0, 0.05) is 56.5 Å². The van der Waals surface area contributed by atoms with Crippen molar-refractivity contribution in [2.24, 2.45) is 5.92 Å². The number of carbonyl (C=O) groups excluding carboxylic acids is 1.